The molecule has 3 heterocycles. The van der Waals surface area contributed by atoms with E-state index >= 15 is 0 Å². The summed E-state index contributed by atoms with van der Waals surface area (Å²) in [6.07, 6.45) is 2.48. The van der Waals surface area contributed by atoms with Gasteiger partial charge in [0.25, 0.3) is 11.5 Å². The number of amides is 1. The van der Waals surface area contributed by atoms with E-state index in [0.717, 1.165) is 11.6 Å². The van der Waals surface area contributed by atoms with Crippen LogP contribution in [0.25, 0.3) is 10.9 Å². The van der Waals surface area contributed by atoms with Crippen molar-refractivity contribution in [1.29, 1.82) is 0 Å². The van der Waals surface area contributed by atoms with Crippen LogP contribution in [0.5, 0.6) is 0 Å². The molecule has 4 rings (SSSR count). The Morgan fingerprint density at radius 1 is 1.07 bits per heavy atom. The first kappa shape index (κ1) is 20.0. The number of hydrogen-bond donors (Lipinski definition) is 1. The summed E-state index contributed by atoms with van der Waals surface area (Å²) < 4.78 is 33.0. The lowest BCUT2D eigenvalue weighted by Crippen LogP contribution is -2.49. The number of rotatable bonds is 4. The number of fused-ring (bicyclic) bond motifs is 1. The van der Waals surface area contributed by atoms with Crippen LogP contribution < -0.4 is 15.2 Å². The van der Waals surface area contributed by atoms with Crippen molar-refractivity contribution in [3.8, 4) is 0 Å². The largest absolute Gasteiger partial charge is 0.459 e. The Labute approximate surface area is 173 Å². The van der Waals surface area contributed by atoms with Gasteiger partial charge in [0, 0.05) is 38.6 Å². The van der Waals surface area contributed by atoms with Crippen LogP contribution in [0, 0.1) is 0 Å². The number of hydrogen-bond acceptors (Lipinski definition) is 6. The lowest BCUT2D eigenvalue weighted by atomic mass is 10.1. The van der Waals surface area contributed by atoms with Gasteiger partial charge in [-0.2, -0.15) is 0 Å². The van der Waals surface area contributed by atoms with E-state index in [1.165, 1.54) is 10.8 Å². The van der Waals surface area contributed by atoms with Crippen LogP contribution in [-0.4, -0.2) is 56.2 Å². The lowest BCUT2D eigenvalue weighted by Gasteiger charge is -2.37. The summed E-state index contributed by atoms with van der Waals surface area (Å²) in [5, 5.41) is 0.761. The first-order chi connectivity index (χ1) is 14.3. The van der Waals surface area contributed by atoms with Gasteiger partial charge in [-0.05, 0) is 18.2 Å². The molecule has 1 amide bonds. The number of carbonyl (C=O) groups is 1. The number of furan rings is 1. The quantitative estimate of drug-likeness (QED) is 0.672. The number of carbonyl (C=O) groups excluding carboxylic acids is 1. The Morgan fingerprint density at radius 2 is 1.77 bits per heavy atom. The second-order valence-corrected chi connectivity index (χ2v) is 8.98. The molecule has 0 radical (unpaired) electrons. The predicted octanol–water partition coefficient (Wildman–Crippen LogP) is 1.47. The van der Waals surface area contributed by atoms with Gasteiger partial charge in [0.05, 0.1) is 23.7 Å². The fourth-order valence-corrected chi connectivity index (χ4v) is 4.33. The topological polar surface area (TPSA) is 105 Å². The highest BCUT2D eigenvalue weighted by Crippen LogP contribution is 2.33. The van der Waals surface area contributed by atoms with E-state index in [0.29, 0.717) is 37.4 Å². The number of para-hydroxylation sites is 1. The van der Waals surface area contributed by atoms with Gasteiger partial charge in [-0.3, -0.25) is 14.3 Å². The van der Waals surface area contributed by atoms with Gasteiger partial charge >= 0.3 is 0 Å². The van der Waals surface area contributed by atoms with Gasteiger partial charge in [0.15, 0.2) is 5.76 Å². The van der Waals surface area contributed by atoms with Crippen LogP contribution in [0.1, 0.15) is 10.6 Å². The molecule has 3 aromatic rings. The van der Waals surface area contributed by atoms with Gasteiger partial charge in [-0.1, -0.05) is 18.2 Å². The third kappa shape index (κ3) is 3.65. The predicted molar refractivity (Wildman–Crippen MR) is 114 cm³/mol. The highest BCUT2D eigenvalue weighted by molar-refractivity contribution is 7.92. The van der Waals surface area contributed by atoms with Crippen LogP contribution in [0.4, 0.5) is 11.4 Å². The van der Waals surface area contributed by atoms with Crippen molar-refractivity contribution in [3.05, 3.63) is 58.8 Å². The summed E-state index contributed by atoms with van der Waals surface area (Å²) in [7, 11) is -2.05. The van der Waals surface area contributed by atoms with Gasteiger partial charge in [-0.25, -0.2) is 8.42 Å². The van der Waals surface area contributed by atoms with Crippen molar-refractivity contribution in [3.63, 3.8) is 0 Å². The standard InChI is InChI=1S/C20H22N4O5S/c1-22-15-7-4-3-6-14(15)18(17(20(22)26)21-30(2,27)28)23-9-11-24(12-10-23)19(25)16-8-5-13-29-16/h3-8,13,21H,9-12H2,1-2H3. The third-order valence-electron chi connectivity index (χ3n) is 5.18. The third-order valence-corrected chi connectivity index (χ3v) is 5.75. The van der Waals surface area contributed by atoms with Gasteiger partial charge < -0.3 is 18.8 Å². The summed E-state index contributed by atoms with van der Waals surface area (Å²) >= 11 is 0. The molecule has 158 valence electrons. The Balaban J connectivity index is 1.73. The summed E-state index contributed by atoms with van der Waals surface area (Å²) in [6.45, 7) is 1.73. The molecular formula is C20H22N4O5S. The normalized spacial score (nSPS) is 14.9. The SMILES string of the molecule is Cn1c(=O)c(NS(C)(=O)=O)c(N2CCN(C(=O)c3ccco3)CC2)c2ccccc21. The average Bonchev–Trinajstić information content (AvgIpc) is 3.26. The van der Waals surface area contributed by atoms with Crippen LogP contribution in [0.15, 0.2) is 51.9 Å². The molecule has 1 aliphatic heterocycles. The number of anilines is 2. The van der Waals surface area contributed by atoms with E-state index in [1.807, 2.05) is 29.2 Å². The van der Waals surface area contributed by atoms with Gasteiger partial charge in [-0.15, -0.1) is 0 Å². The summed E-state index contributed by atoms with van der Waals surface area (Å²) in [5.41, 5.74) is 0.822. The fraction of sp³-hybridized carbons (Fsp3) is 0.300. The molecule has 0 aliphatic carbocycles. The van der Waals surface area contributed by atoms with E-state index in [4.69, 9.17) is 4.42 Å². The Kier molecular flexibility index (Phi) is 5.02. The Morgan fingerprint density at radius 3 is 2.40 bits per heavy atom. The zero-order chi connectivity index (χ0) is 21.5. The molecule has 1 N–H and O–H groups in total. The minimum atomic E-state index is -3.67. The first-order valence-electron chi connectivity index (χ1n) is 9.43. The Bertz CT molecular complexity index is 1260. The van der Waals surface area contributed by atoms with E-state index in [9.17, 15) is 18.0 Å². The molecule has 1 fully saturated rings. The molecule has 0 spiro atoms. The van der Waals surface area contributed by atoms with Crippen molar-refractivity contribution in [2.24, 2.45) is 7.05 Å². The fourth-order valence-electron chi connectivity index (χ4n) is 3.77. The highest BCUT2D eigenvalue weighted by atomic mass is 32.2. The van der Waals surface area contributed by atoms with E-state index in [2.05, 4.69) is 4.72 Å². The van der Waals surface area contributed by atoms with Crippen molar-refractivity contribution < 1.29 is 17.6 Å². The number of sulfonamides is 1. The highest BCUT2D eigenvalue weighted by Gasteiger charge is 2.28. The summed E-state index contributed by atoms with van der Waals surface area (Å²) in [5.74, 6) is 0.0879. The van der Waals surface area contributed by atoms with Crippen molar-refractivity contribution in [2.45, 2.75) is 0 Å². The molecule has 1 saturated heterocycles. The van der Waals surface area contributed by atoms with Gasteiger partial charge in [0.2, 0.25) is 10.0 Å². The number of benzene rings is 1. The second-order valence-electron chi connectivity index (χ2n) is 7.24. The molecular weight excluding hydrogens is 408 g/mol. The number of aryl methyl sites for hydroxylation is 1. The number of nitrogens with one attached hydrogen (secondary N) is 1. The van der Waals surface area contributed by atoms with Crippen LogP contribution in [0.2, 0.25) is 0 Å². The molecule has 0 bridgehead atoms. The van der Waals surface area contributed by atoms with Crippen molar-refractivity contribution in [1.82, 2.24) is 9.47 Å². The molecule has 2 aromatic heterocycles. The smallest absolute Gasteiger partial charge is 0.289 e. The molecule has 1 aliphatic rings. The second kappa shape index (κ2) is 7.52. The van der Waals surface area contributed by atoms with Crippen molar-refractivity contribution in [2.75, 3.05) is 42.1 Å². The zero-order valence-corrected chi connectivity index (χ0v) is 17.5. The average molecular weight is 430 g/mol. The maximum atomic E-state index is 13.0. The number of piperazine rings is 1. The molecule has 10 heteroatoms. The molecule has 0 saturated carbocycles. The maximum absolute atomic E-state index is 13.0. The zero-order valence-electron chi connectivity index (χ0n) is 16.7. The van der Waals surface area contributed by atoms with E-state index in [-0.39, 0.29) is 17.4 Å². The maximum Gasteiger partial charge on any atom is 0.289 e. The number of pyridine rings is 1. The Hall–Kier alpha value is -3.27. The van der Waals surface area contributed by atoms with Crippen LogP contribution >= 0.6 is 0 Å². The van der Waals surface area contributed by atoms with E-state index < -0.39 is 15.6 Å². The van der Waals surface area contributed by atoms with E-state index in [1.54, 1.807) is 24.1 Å². The summed E-state index contributed by atoms with van der Waals surface area (Å²) in [6, 6.07) is 10.6. The molecule has 9 nitrogen and oxygen atoms in total. The van der Waals surface area contributed by atoms with Gasteiger partial charge in [0.1, 0.15) is 5.69 Å². The summed E-state index contributed by atoms with van der Waals surface area (Å²) in [4.78, 5) is 29.2. The monoisotopic (exact) mass is 430 g/mol. The van der Waals surface area contributed by atoms with Crippen LogP contribution in [-0.2, 0) is 17.1 Å². The number of nitrogens with zero attached hydrogens (tertiary/aromatic N) is 3. The minimum Gasteiger partial charge on any atom is -0.459 e. The molecule has 30 heavy (non-hydrogen) atoms. The molecule has 0 atom stereocenters. The van der Waals surface area contributed by atoms with Crippen LogP contribution in [0.3, 0.4) is 0 Å². The minimum absolute atomic E-state index is 0.0181. The lowest BCUT2D eigenvalue weighted by molar-refractivity contribution is 0.0715. The number of aromatic nitrogens is 1. The molecule has 1 aromatic carbocycles. The van der Waals surface area contributed by atoms with Crippen molar-refractivity contribution >= 4 is 38.2 Å². The first-order valence-corrected chi connectivity index (χ1v) is 11.3. The molecule has 0 unspecified atom stereocenters.